The fraction of sp³-hybridized carbons (Fsp3) is 0.933. The van der Waals surface area contributed by atoms with Crippen LogP contribution < -0.4 is 0 Å². The Hall–Kier alpha value is -0.860. The molecule has 0 amide bonds. The lowest BCUT2D eigenvalue weighted by atomic mass is 9.98. The summed E-state index contributed by atoms with van der Waals surface area (Å²) >= 11 is 0. The Labute approximate surface area is 206 Å². The largest absolute Gasteiger partial charge is 0.393 e. The first-order valence-corrected chi connectivity index (χ1v) is 15.0. The van der Waals surface area contributed by atoms with E-state index in [9.17, 15) is 9.59 Å². The molecule has 0 saturated carbocycles. The summed E-state index contributed by atoms with van der Waals surface area (Å²) in [7, 11) is 0. The lowest BCUT2D eigenvalue weighted by Gasteiger charge is -2.05. The van der Waals surface area contributed by atoms with Crippen molar-refractivity contribution in [2.24, 2.45) is 5.92 Å². The molecule has 1 atom stereocenters. The SMILES string of the molecule is CCCCCCCCCCCCCCCCCCCCCCCCCCC1CC(=O)OC1=O. The van der Waals surface area contributed by atoms with Gasteiger partial charge in [0, 0.05) is 0 Å². The van der Waals surface area contributed by atoms with Crippen LogP contribution in [-0.2, 0) is 14.3 Å². The molecule has 1 unspecified atom stereocenters. The quantitative estimate of drug-likeness (QED) is 0.0766. The van der Waals surface area contributed by atoms with Gasteiger partial charge in [0.1, 0.15) is 0 Å². The molecule has 0 aromatic carbocycles. The van der Waals surface area contributed by atoms with Crippen LogP contribution >= 0.6 is 0 Å². The van der Waals surface area contributed by atoms with Crippen molar-refractivity contribution in [1.29, 1.82) is 0 Å². The second-order valence-corrected chi connectivity index (χ2v) is 10.6. The van der Waals surface area contributed by atoms with Gasteiger partial charge in [-0.1, -0.05) is 161 Å². The second-order valence-electron chi connectivity index (χ2n) is 10.6. The molecule has 0 bridgehead atoms. The zero-order valence-corrected chi connectivity index (χ0v) is 22.2. The fourth-order valence-electron chi connectivity index (χ4n) is 5.09. The van der Waals surface area contributed by atoms with E-state index in [2.05, 4.69) is 11.7 Å². The zero-order chi connectivity index (χ0) is 23.8. The van der Waals surface area contributed by atoms with E-state index < -0.39 is 0 Å². The molecule has 1 aliphatic heterocycles. The molecule has 0 spiro atoms. The summed E-state index contributed by atoms with van der Waals surface area (Å²) in [6.45, 7) is 2.29. The second kappa shape index (κ2) is 22.9. The van der Waals surface area contributed by atoms with Gasteiger partial charge in [0.05, 0.1) is 12.3 Å². The Balaban J connectivity index is 1.65. The number of unbranched alkanes of at least 4 members (excludes halogenated alkanes) is 23. The molecular weight excluding hydrogens is 408 g/mol. The smallest absolute Gasteiger partial charge is 0.317 e. The van der Waals surface area contributed by atoms with Crippen LogP contribution in [0, 0.1) is 5.92 Å². The maximum Gasteiger partial charge on any atom is 0.317 e. The summed E-state index contributed by atoms with van der Waals surface area (Å²) in [6, 6.07) is 0. The number of hydrogen-bond donors (Lipinski definition) is 0. The lowest BCUT2D eigenvalue weighted by Crippen LogP contribution is -2.06. The van der Waals surface area contributed by atoms with Gasteiger partial charge in [0.2, 0.25) is 0 Å². The van der Waals surface area contributed by atoms with E-state index in [1.807, 2.05) is 0 Å². The van der Waals surface area contributed by atoms with Gasteiger partial charge in [-0.3, -0.25) is 9.59 Å². The highest BCUT2D eigenvalue weighted by Gasteiger charge is 2.32. The van der Waals surface area contributed by atoms with E-state index in [4.69, 9.17) is 0 Å². The van der Waals surface area contributed by atoms with Gasteiger partial charge in [0.15, 0.2) is 0 Å². The van der Waals surface area contributed by atoms with Gasteiger partial charge >= 0.3 is 11.9 Å². The minimum Gasteiger partial charge on any atom is -0.393 e. The highest BCUT2D eigenvalue weighted by atomic mass is 16.6. The van der Waals surface area contributed by atoms with E-state index >= 15 is 0 Å². The molecule has 1 heterocycles. The number of esters is 2. The Bertz CT molecular complexity index is 459. The van der Waals surface area contributed by atoms with Crippen LogP contribution in [0.25, 0.3) is 0 Å². The molecule has 0 aliphatic carbocycles. The number of cyclic esters (lactones) is 2. The van der Waals surface area contributed by atoms with E-state index in [1.165, 1.54) is 148 Å². The van der Waals surface area contributed by atoms with Gasteiger partial charge in [-0.25, -0.2) is 0 Å². The Morgan fingerprint density at radius 1 is 0.515 bits per heavy atom. The van der Waals surface area contributed by atoms with Gasteiger partial charge in [-0.2, -0.15) is 0 Å². The topological polar surface area (TPSA) is 43.4 Å². The van der Waals surface area contributed by atoms with Crippen LogP contribution in [0.1, 0.15) is 174 Å². The van der Waals surface area contributed by atoms with Crippen molar-refractivity contribution >= 4 is 11.9 Å². The summed E-state index contributed by atoms with van der Waals surface area (Å²) in [4.78, 5) is 22.5. The summed E-state index contributed by atoms with van der Waals surface area (Å²) in [6.07, 6.45) is 34.6. The first-order chi connectivity index (χ1) is 16.2. The molecule has 0 aromatic rings. The molecule has 1 fully saturated rings. The van der Waals surface area contributed by atoms with Gasteiger partial charge in [-0.05, 0) is 6.42 Å². The lowest BCUT2D eigenvalue weighted by molar-refractivity contribution is -0.153. The number of carbonyl (C=O) groups is 2. The third-order valence-electron chi connectivity index (χ3n) is 7.37. The van der Waals surface area contributed by atoms with E-state index in [0.717, 1.165) is 12.8 Å². The van der Waals surface area contributed by atoms with Crippen LogP contribution in [0.2, 0.25) is 0 Å². The maximum absolute atomic E-state index is 11.4. The number of hydrogen-bond acceptors (Lipinski definition) is 3. The van der Waals surface area contributed by atoms with Crippen LogP contribution in [0.5, 0.6) is 0 Å². The van der Waals surface area contributed by atoms with E-state index in [1.54, 1.807) is 0 Å². The Morgan fingerprint density at radius 3 is 1.09 bits per heavy atom. The number of rotatable bonds is 25. The van der Waals surface area contributed by atoms with Crippen molar-refractivity contribution in [2.75, 3.05) is 0 Å². The minimum absolute atomic E-state index is 0.155. The maximum atomic E-state index is 11.4. The molecule has 0 N–H and O–H groups in total. The predicted molar refractivity (Wildman–Crippen MR) is 140 cm³/mol. The summed E-state index contributed by atoms with van der Waals surface area (Å²) in [5.74, 6) is -0.791. The minimum atomic E-state index is -0.339. The average Bonchev–Trinajstić information content (AvgIpc) is 3.13. The number of ether oxygens (including phenoxy) is 1. The van der Waals surface area contributed by atoms with Crippen LogP contribution in [0.4, 0.5) is 0 Å². The molecule has 0 aromatic heterocycles. The normalized spacial score (nSPS) is 16.0. The van der Waals surface area contributed by atoms with E-state index in [0.29, 0.717) is 6.42 Å². The third-order valence-corrected chi connectivity index (χ3v) is 7.37. The first kappa shape index (κ1) is 30.2. The van der Waals surface area contributed by atoms with Gasteiger partial charge in [0.25, 0.3) is 0 Å². The van der Waals surface area contributed by atoms with Crippen LogP contribution in [0.15, 0.2) is 0 Å². The Kier molecular flexibility index (Phi) is 20.9. The Morgan fingerprint density at radius 2 is 0.818 bits per heavy atom. The molecule has 3 nitrogen and oxygen atoms in total. The van der Waals surface area contributed by atoms with Crippen molar-refractivity contribution in [3.05, 3.63) is 0 Å². The fourth-order valence-corrected chi connectivity index (χ4v) is 5.09. The van der Waals surface area contributed by atoms with Crippen molar-refractivity contribution in [1.82, 2.24) is 0 Å². The molecule has 1 saturated heterocycles. The standard InChI is InChI=1S/C30H56O3/c1-2-3-4-5-6-7-8-9-10-11-12-13-14-15-16-17-18-19-20-21-22-23-24-25-26-28-27-29(31)33-30(28)32/h28H,2-27H2,1H3. The zero-order valence-electron chi connectivity index (χ0n) is 22.2. The predicted octanol–water partition coefficient (Wildman–Crippen LogP) is 9.85. The molecular formula is C30H56O3. The molecule has 194 valence electrons. The molecule has 1 rings (SSSR count). The van der Waals surface area contributed by atoms with Crippen molar-refractivity contribution in [3.8, 4) is 0 Å². The third kappa shape index (κ3) is 19.2. The van der Waals surface area contributed by atoms with Crippen LogP contribution in [-0.4, -0.2) is 11.9 Å². The monoisotopic (exact) mass is 464 g/mol. The highest BCUT2D eigenvalue weighted by molar-refractivity contribution is 5.94. The van der Waals surface area contributed by atoms with Crippen molar-refractivity contribution in [2.45, 2.75) is 174 Å². The summed E-state index contributed by atoms with van der Waals surface area (Å²) in [5, 5.41) is 0. The molecule has 33 heavy (non-hydrogen) atoms. The van der Waals surface area contributed by atoms with Crippen molar-refractivity contribution in [3.63, 3.8) is 0 Å². The molecule has 3 heteroatoms. The molecule has 1 aliphatic rings. The molecule has 0 radical (unpaired) electrons. The van der Waals surface area contributed by atoms with E-state index in [-0.39, 0.29) is 17.9 Å². The van der Waals surface area contributed by atoms with Crippen molar-refractivity contribution < 1.29 is 14.3 Å². The highest BCUT2D eigenvalue weighted by Crippen LogP contribution is 2.22. The average molecular weight is 465 g/mol. The first-order valence-electron chi connectivity index (χ1n) is 15.0. The summed E-state index contributed by atoms with van der Waals surface area (Å²) < 4.78 is 4.60. The summed E-state index contributed by atoms with van der Waals surface area (Å²) in [5.41, 5.74) is 0. The number of carbonyl (C=O) groups excluding carboxylic acids is 2. The van der Waals surface area contributed by atoms with Gasteiger partial charge in [-0.15, -0.1) is 0 Å². The van der Waals surface area contributed by atoms with Crippen LogP contribution in [0.3, 0.4) is 0 Å². The van der Waals surface area contributed by atoms with Gasteiger partial charge < -0.3 is 4.74 Å².